The van der Waals surface area contributed by atoms with Gasteiger partial charge in [-0.25, -0.2) is 0 Å². The first-order chi connectivity index (χ1) is 16.0. The lowest BCUT2D eigenvalue weighted by Crippen LogP contribution is -2.54. The molecule has 5 rings (SSSR count). The molecule has 2 fully saturated rings. The van der Waals surface area contributed by atoms with Gasteiger partial charge in [0.1, 0.15) is 16.1 Å². The monoisotopic (exact) mass is 468 g/mol. The van der Waals surface area contributed by atoms with Gasteiger partial charge in [-0.15, -0.1) is 10.2 Å². The van der Waals surface area contributed by atoms with Crippen molar-refractivity contribution < 1.29 is 19.2 Å². The summed E-state index contributed by atoms with van der Waals surface area (Å²) in [6.45, 7) is 3.08. The Morgan fingerprint density at radius 2 is 1.79 bits per heavy atom. The molecular formula is C22H24N6O4S. The quantitative estimate of drug-likeness (QED) is 0.528. The minimum Gasteiger partial charge on any atom is -0.317 e. The predicted molar refractivity (Wildman–Crippen MR) is 118 cm³/mol. The molecule has 10 nitrogen and oxygen atoms in total. The Balaban J connectivity index is 1.21. The summed E-state index contributed by atoms with van der Waals surface area (Å²) in [5.41, 5.74) is 1.42. The second kappa shape index (κ2) is 9.08. The molecule has 0 aliphatic carbocycles. The Morgan fingerprint density at radius 3 is 2.58 bits per heavy atom. The van der Waals surface area contributed by atoms with E-state index in [0.717, 1.165) is 46.4 Å². The summed E-state index contributed by atoms with van der Waals surface area (Å²) in [5.74, 6) is -1.52. The van der Waals surface area contributed by atoms with Crippen LogP contribution in [-0.2, 0) is 22.7 Å². The lowest BCUT2D eigenvalue weighted by molar-refractivity contribution is -0.136. The number of fused-ring (bicyclic) bond motifs is 1. The molecule has 4 heterocycles. The van der Waals surface area contributed by atoms with E-state index in [9.17, 15) is 19.2 Å². The number of aromatic nitrogens is 2. The largest absolute Gasteiger partial charge is 0.317 e. The van der Waals surface area contributed by atoms with E-state index in [-0.39, 0.29) is 29.9 Å². The maximum Gasteiger partial charge on any atom is 0.262 e. The van der Waals surface area contributed by atoms with Crippen molar-refractivity contribution in [3.05, 3.63) is 44.9 Å². The van der Waals surface area contributed by atoms with Crippen molar-refractivity contribution in [2.24, 2.45) is 0 Å². The van der Waals surface area contributed by atoms with Gasteiger partial charge in [-0.1, -0.05) is 17.4 Å². The molecular weight excluding hydrogens is 444 g/mol. The summed E-state index contributed by atoms with van der Waals surface area (Å²) in [5, 5.41) is 19.5. The van der Waals surface area contributed by atoms with Crippen LogP contribution < -0.4 is 16.0 Å². The van der Waals surface area contributed by atoms with E-state index in [1.807, 2.05) is 0 Å². The summed E-state index contributed by atoms with van der Waals surface area (Å²) in [7, 11) is 0. The third-order valence-electron chi connectivity index (χ3n) is 6.28. The van der Waals surface area contributed by atoms with Crippen molar-refractivity contribution in [1.82, 2.24) is 31.0 Å². The van der Waals surface area contributed by atoms with Crippen LogP contribution in [0.15, 0.2) is 18.2 Å². The number of carbonyl (C=O) groups is 4. The van der Waals surface area contributed by atoms with Crippen molar-refractivity contribution >= 4 is 35.0 Å². The van der Waals surface area contributed by atoms with Gasteiger partial charge in [0, 0.05) is 25.4 Å². The zero-order chi connectivity index (χ0) is 22.9. The van der Waals surface area contributed by atoms with Gasteiger partial charge in [0.25, 0.3) is 11.8 Å². The third-order valence-corrected chi connectivity index (χ3v) is 7.37. The highest BCUT2D eigenvalue weighted by Crippen LogP contribution is 2.29. The molecule has 3 aliphatic rings. The first kappa shape index (κ1) is 21.8. The number of imide groups is 2. The molecule has 0 saturated carbocycles. The van der Waals surface area contributed by atoms with Crippen LogP contribution in [0.5, 0.6) is 0 Å². The number of benzene rings is 1. The van der Waals surface area contributed by atoms with Crippen molar-refractivity contribution in [2.45, 2.75) is 50.7 Å². The standard InChI is InChI=1S/C22H24N6O4S/c29-17-4-3-16(19(30)25-17)28-21(31)14-2-1-12(9-15(14)22(28)32)10-24-11-18-26-27-20(33-18)13-5-7-23-8-6-13/h1-2,9,13,16,23-24H,3-8,10-11H2,(H,25,29,30). The molecule has 11 heteroatoms. The normalized spacial score (nSPS) is 21.5. The van der Waals surface area contributed by atoms with E-state index >= 15 is 0 Å². The topological polar surface area (TPSA) is 133 Å². The Kier molecular flexibility index (Phi) is 6.00. The average Bonchev–Trinajstić information content (AvgIpc) is 3.38. The summed E-state index contributed by atoms with van der Waals surface area (Å²) >= 11 is 1.63. The summed E-state index contributed by atoms with van der Waals surface area (Å²) in [4.78, 5) is 50.3. The van der Waals surface area contributed by atoms with E-state index in [2.05, 4.69) is 26.1 Å². The number of rotatable bonds is 6. The van der Waals surface area contributed by atoms with Crippen molar-refractivity contribution in [3.8, 4) is 0 Å². The summed E-state index contributed by atoms with van der Waals surface area (Å²) < 4.78 is 0. The first-order valence-electron chi connectivity index (χ1n) is 11.1. The van der Waals surface area contributed by atoms with Crippen molar-refractivity contribution in [1.29, 1.82) is 0 Å². The highest BCUT2D eigenvalue weighted by molar-refractivity contribution is 7.11. The van der Waals surface area contributed by atoms with Gasteiger partial charge in [0.05, 0.1) is 11.1 Å². The molecule has 33 heavy (non-hydrogen) atoms. The fourth-order valence-electron chi connectivity index (χ4n) is 4.51. The average molecular weight is 469 g/mol. The van der Waals surface area contributed by atoms with Gasteiger partial charge in [0.2, 0.25) is 11.8 Å². The molecule has 1 unspecified atom stereocenters. The van der Waals surface area contributed by atoms with Crippen LogP contribution in [0.2, 0.25) is 0 Å². The highest BCUT2D eigenvalue weighted by Gasteiger charge is 2.44. The van der Waals surface area contributed by atoms with Crippen molar-refractivity contribution in [3.63, 3.8) is 0 Å². The van der Waals surface area contributed by atoms with E-state index in [1.165, 1.54) is 0 Å². The molecule has 1 aromatic carbocycles. The first-order valence-corrected chi connectivity index (χ1v) is 11.9. The zero-order valence-corrected chi connectivity index (χ0v) is 18.7. The molecule has 3 aliphatic heterocycles. The number of nitrogens with zero attached hydrogens (tertiary/aromatic N) is 3. The van der Waals surface area contributed by atoms with Gasteiger partial charge < -0.3 is 10.6 Å². The van der Waals surface area contributed by atoms with Gasteiger partial charge >= 0.3 is 0 Å². The molecule has 1 atom stereocenters. The van der Waals surface area contributed by atoms with E-state index in [4.69, 9.17) is 0 Å². The van der Waals surface area contributed by atoms with Gasteiger partial charge in [-0.05, 0) is 50.0 Å². The van der Waals surface area contributed by atoms with Crippen LogP contribution in [0, 0.1) is 0 Å². The lowest BCUT2D eigenvalue weighted by atomic mass is 9.99. The molecule has 4 amide bonds. The van der Waals surface area contributed by atoms with E-state index < -0.39 is 23.8 Å². The minimum absolute atomic E-state index is 0.101. The molecule has 0 bridgehead atoms. The second-order valence-electron chi connectivity index (χ2n) is 8.49. The Hall–Kier alpha value is -3.02. The van der Waals surface area contributed by atoms with Crippen molar-refractivity contribution in [2.75, 3.05) is 13.1 Å². The smallest absolute Gasteiger partial charge is 0.262 e. The van der Waals surface area contributed by atoms with Crippen LogP contribution in [0.1, 0.15) is 67.9 Å². The third kappa shape index (κ3) is 4.31. The minimum atomic E-state index is -0.955. The highest BCUT2D eigenvalue weighted by atomic mass is 32.1. The second-order valence-corrected chi connectivity index (χ2v) is 9.58. The van der Waals surface area contributed by atoms with Gasteiger partial charge in [0.15, 0.2) is 0 Å². The number of hydrogen-bond acceptors (Lipinski definition) is 9. The predicted octanol–water partition coefficient (Wildman–Crippen LogP) is 0.696. The molecule has 2 aromatic rings. The molecule has 172 valence electrons. The van der Waals surface area contributed by atoms with Crippen LogP contribution in [-0.4, -0.2) is 57.9 Å². The van der Waals surface area contributed by atoms with Gasteiger partial charge in [-0.2, -0.15) is 0 Å². The summed E-state index contributed by atoms with van der Waals surface area (Å²) in [6.07, 6.45) is 2.41. The number of carbonyl (C=O) groups excluding carboxylic acids is 4. The van der Waals surface area contributed by atoms with E-state index in [1.54, 1.807) is 29.5 Å². The number of hydrogen-bond donors (Lipinski definition) is 3. The molecule has 0 spiro atoms. The molecule has 1 aromatic heterocycles. The fourth-order valence-corrected chi connectivity index (χ4v) is 5.50. The Bertz CT molecular complexity index is 1130. The molecule has 0 radical (unpaired) electrons. The maximum atomic E-state index is 12.9. The van der Waals surface area contributed by atoms with Crippen LogP contribution >= 0.6 is 11.3 Å². The van der Waals surface area contributed by atoms with Crippen LogP contribution in [0.25, 0.3) is 0 Å². The lowest BCUT2D eigenvalue weighted by Gasteiger charge is -2.27. The number of amides is 4. The van der Waals surface area contributed by atoms with Crippen LogP contribution in [0.4, 0.5) is 0 Å². The van der Waals surface area contributed by atoms with Crippen LogP contribution in [0.3, 0.4) is 0 Å². The Labute approximate surface area is 194 Å². The number of nitrogens with one attached hydrogen (secondary N) is 3. The number of piperidine rings is 2. The van der Waals surface area contributed by atoms with Gasteiger partial charge in [-0.3, -0.25) is 29.4 Å². The van der Waals surface area contributed by atoms with E-state index in [0.29, 0.717) is 19.0 Å². The zero-order valence-electron chi connectivity index (χ0n) is 17.9. The molecule has 2 saturated heterocycles. The Morgan fingerprint density at radius 1 is 1.00 bits per heavy atom. The maximum absolute atomic E-state index is 12.9. The summed E-state index contributed by atoms with van der Waals surface area (Å²) in [6, 6.07) is 4.15. The fraction of sp³-hybridized carbons (Fsp3) is 0.455. The molecule has 3 N–H and O–H groups in total. The SMILES string of the molecule is O=C1CCC(N2C(=O)c3ccc(CNCc4nnc(C5CCNCC5)s4)cc3C2=O)C(=O)N1.